The molecule has 1 N–H and O–H groups in total. The number of thioether (sulfide) groups is 1. The average Bonchev–Trinajstić information content (AvgIpc) is 2.99. The Hall–Kier alpha value is -1.99. The fourth-order valence-corrected chi connectivity index (χ4v) is 5.67. The summed E-state index contributed by atoms with van der Waals surface area (Å²) >= 11 is 1.57. The summed E-state index contributed by atoms with van der Waals surface area (Å²) in [5.74, 6) is 0.500. The van der Waals surface area contributed by atoms with Gasteiger partial charge in [0.1, 0.15) is 0 Å². The third-order valence-corrected chi connectivity index (χ3v) is 7.72. The van der Waals surface area contributed by atoms with Crippen LogP contribution in [0.5, 0.6) is 0 Å². The number of hydrogen-bond acceptors (Lipinski definition) is 4. The standard InChI is InChI=1S/C18H18N2O3S2/c1-12-11-24-17-7-6-14(10-15(17)19-18(12)21)25(22,23)20-9-8-13-4-2-3-5-16(13)20/h2-7,10,12H,8-9,11H2,1H3,(H,19,21)/t12-/m1/s1. The molecule has 2 aromatic rings. The molecule has 5 nitrogen and oxygen atoms in total. The van der Waals surface area contributed by atoms with Crippen molar-refractivity contribution in [2.24, 2.45) is 5.92 Å². The molecule has 7 heteroatoms. The van der Waals surface area contributed by atoms with Crippen LogP contribution in [0.15, 0.2) is 52.3 Å². The van der Waals surface area contributed by atoms with Crippen molar-refractivity contribution in [3.8, 4) is 0 Å². The monoisotopic (exact) mass is 374 g/mol. The molecule has 0 unspecified atom stereocenters. The van der Waals surface area contributed by atoms with Gasteiger partial charge in [0, 0.05) is 23.1 Å². The molecule has 4 rings (SSSR count). The lowest BCUT2D eigenvalue weighted by molar-refractivity contribution is -0.118. The van der Waals surface area contributed by atoms with Gasteiger partial charge in [-0.3, -0.25) is 9.10 Å². The van der Waals surface area contributed by atoms with Crippen molar-refractivity contribution in [3.05, 3.63) is 48.0 Å². The van der Waals surface area contributed by atoms with Crippen molar-refractivity contribution in [1.82, 2.24) is 0 Å². The first kappa shape index (κ1) is 16.5. The number of fused-ring (bicyclic) bond motifs is 2. The molecule has 2 aliphatic heterocycles. The molecule has 1 atom stereocenters. The summed E-state index contributed by atoms with van der Waals surface area (Å²) in [4.78, 5) is 13.2. The molecule has 25 heavy (non-hydrogen) atoms. The Morgan fingerprint density at radius 1 is 1.20 bits per heavy atom. The molecule has 2 heterocycles. The summed E-state index contributed by atoms with van der Waals surface area (Å²) < 4.78 is 27.7. The van der Waals surface area contributed by atoms with Crippen LogP contribution >= 0.6 is 11.8 Å². The van der Waals surface area contributed by atoms with E-state index in [4.69, 9.17) is 0 Å². The van der Waals surface area contributed by atoms with Crippen LogP contribution in [0.25, 0.3) is 0 Å². The minimum Gasteiger partial charge on any atom is -0.325 e. The van der Waals surface area contributed by atoms with Gasteiger partial charge in [0.05, 0.1) is 16.3 Å². The maximum absolute atomic E-state index is 13.1. The Morgan fingerprint density at radius 3 is 2.84 bits per heavy atom. The predicted molar refractivity (Wildman–Crippen MR) is 99.6 cm³/mol. The molecule has 0 bridgehead atoms. The van der Waals surface area contributed by atoms with Gasteiger partial charge in [-0.15, -0.1) is 11.8 Å². The van der Waals surface area contributed by atoms with Crippen LogP contribution in [0, 0.1) is 5.92 Å². The van der Waals surface area contributed by atoms with E-state index >= 15 is 0 Å². The van der Waals surface area contributed by atoms with Gasteiger partial charge < -0.3 is 5.32 Å². The summed E-state index contributed by atoms with van der Waals surface area (Å²) in [6, 6.07) is 12.6. The van der Waals surface area contributed by atoms with Crippen LogP contribution in [-0.4, -0.2) is 26.6 Å². The lowest BCUT2D eigenvalue weighted by Gasteiger charge is -2.20. The van der Waals surface area contributed by atoms with Gasteiger partial charge in [-0.05, 0) is 36.2 Å². The maximum atomic E-state index is 13.1. The lowest BCUT2D eigenvalue weighted by Crippen LogP contribution is -2.29. The number of nitrogens with one attached hydrogen (secondary N) is 1. The SMILES string of the molecule is C[C@@H]1CSc2ccc(S(=O)(=O)N3CCc4ccccc43)cc2NC1=O. The van der Waals surface area contributed by atoms with Crippen molar-refractivity contribution in [1.29, 1.82) is 0 Å². The van der Waals surface area contributed by atoms with Crippen LogP contribution in [0.2, 0.25) is 0 Å². The van der Waals surface area contributed by atoms with E-state index in [-0.39, 0.29) is 16.7 Å². The number of amides is 1. The highest BCUT2D eigenvalue weighted by molar-refractivity contribution is 7.99. The molecule has 0 spiro atoms. The lowest BCUT2D eigenvalue weighted by atomic mass is 10.2. The maximum Gasteiger partial charge on any atom is 0.264 e. The second kappa shape index (κ2) is 6.07. The van der Waals surface area contributed by atoms with Crippen LogP contribution in [0.4, 0.5) is 11.4 Å². The summed E-state index contributed by atoms with van der Waals surface area (Å²) in [6.45, 7) is 2.31. The minimum absolute atomic E-state index is 0.0766. The fraction of sp³-hybridized carbons (Fsp3) is 0.278. The molecule has 0 aliphatic carbocycles. The van der Waals surface area contributed by atoms with Gasteiger partial charge in [-0.2, -0.15) is 0 Å². The van der Waals surface area contributed by atoms with Crippen LogP contribution in [0.1, 0.15) is 12.5 Å². The predicted octanol–water partition coefficient (Wildman–Crippen LogP) is 3.12. The molecule has 0 radical (unpaired) electrons. The van der Waals surface area contributed by atoms with Crippen molar-refractivity contribution < 1.29 is 13.2 Å². The molecule has 0 aromatic heterocycles. The van der Waals surface area contributed by atoms with Gasteiger partial charge in [0.2, 0.25) is 5.91 Å². The molecule has 2 aromatic carbocycles. The van der Waals surface area contributed by atoms with E-state index in [2.05, 4.69) is 5.32 Å². The summed E-state index contributed by atoms with van der Waals surface area (Å²) in [5, 5.41) is 2.85. The number of sulfonamides is 1. The van der Waals surface area contributed by atoms with E-state index in [9.17, 15) is 13.2 Å². The molecule has 0 saturated carbocycles. The number of rotatable bonds is 2. The van der Waals surface area contributed by atoms with Gasteiger partial charge in [-0.25, -0.2) is 8.42 Å². The molecule has 1 amide bonds. The first-order valence-electron chi connectivity index (χ1n) is 8.15. The molecule has 2 aliphatic rings. The molecule has 0 fully saturated rings. The van der Waals surface area contributed by atoms with E-state index < -0.39 is 10.0 Å². The number of para-hydroxylation sites is 1. The third-order valence-electron chi connectivity index (χ3n) is 4.58. The Labute approximate surface area is 151 Å². The van der Waals surface area contributed by atoms with Crippen molar-refractivity contribution in [3.63, 3.8) is 0 Å². The van der Waals surface area contributed by atoms with Crippen LogP contribution in [0.3, 0.4) is 0 Å². The zero-order chi connectivity index (χ0) is 17.6. The van der Waals surface area contributed by atoms with Crippen molar-refractivity contribution >= 4 is 39.1 Å². The second-order valence-corrected chi connectivity index (χ2v) is 9.24. The van der Waals surface area contributed by atoms with E-state index in [1.54, 1.807) is 30.0 Å². The zero-order valence-corrected chi connectivity index (χ0v) is 15.4. The number of benzene rings is 2. The van der Waals surface area contributed by atoms with E-state index in [1.165, 1.54) is 4.31 Å². The highest BCUT2D eigenvalue weighted by atomic mass is 32.2. The molecular weight excluding hydrogens is 356 g/mol. The molecule has 0 saturated heterocycles. The van der Waals surface area contributed by atoms with Crippen LogP contribution in [-0.2, 0) is 21.2 Å². The molecule has 130 valence electrons. The Morgan fingerprint density at radius 2 is 2.00 bits per heavy atom. The van der Waals surface area contributed by atoms with Crippen LogP contribution < -0.4 is 9.62 Å². The van der Waals surface area contributed by atoms with E-state index in [0.717, 1.165) is 16.1 Å². The smallest absolute Gasteiger partial charge is 0.264 e. The third kappa shape index (κ3) is 2.81. The highest BCUT2D eigenvalue weighted by Gasteiger charge is 2.31. The van der Waals surface area contributed by atoms with Crippen molar-refractivity contribution in [2.45, 2.75) is 23.1 Å². The quantitative estimate of drug-likeness (QED) is 0.877. The number of carbonyl (C=O) groups excluding carboxylic acids is 1. The summed E-state index contributed by atoms with van der Waals surface area (Å²) in [7, 11) is -3.66. The Bertz CT molecular complexity index is 957. The number of carbonyl (C=O) groups is 1. The fourth-order valence-electron chi connectivity index (χ4n) is 3.12. The van der Waals surface area contributed by atoms with E-state index in [0.29, 0.717) is 24.4 Å². The largest absolute Gasteiger partial charge is 0.325 e. The van der Waals surface area contributed by atoms with E-state index in [1.807, 2.05) is 31.2 Å². The normalized spacial score (nSPS) is 19.8. The zero-order valence-electron chi connectivity index (χ0n) is 13.7. The minimum atomic E-state index is -3.66. The summed E-state index contributed by atoms with van der Waals surface area (Å²) in [5.41, 5.74) is 2.36. The summed E-state index contributed by atoms with van der Waals surface area (Å²) in [6.07, 6.45) is 0.713. The first-order valence-corrected chi connectivity index (χ1v) is 10.6. The second-order valence-electron chi connectivity index (χ2n) is 6.32. The van der Waals surface area contributed by atoms with Gasteiger partial charge >= 0.3 is 0 Å². The number of hydrogen-bond donors (Lipinski definition) is 1. The topological polar surface area (TPSA) is 66.5 Å². The molecular formula is C18H18N2O3S2. The Kier molecular flexibility index (Phi) is 4.00. The van der Waals surface area contributed by atoms with Gasteiger partial charge in [-0.1, -0.05) is 25.1 Å². The highest BCUT2D eigenvalue weighted by Crippen LogP contribution is 2.37. The Balaban J connectivity index is 1.73. The number of nitrogens with zero attached hydrogens (tertiary/aromatic N) is 1. The van der Waals surface area contributed by atoms with Crippen molar-refractivity contribution in [2.75, 3.05) is 21.9 Å². The van der Waals surface area contributed by atoms with Gasteiger partial charge in [0.25, 0.3) is 10.0 Å². The number of anilines is 2. The first-order chi connectivity index (χ1) is 12.0. The van der Waals surface area contributed by atoms with Gasteiger partial charge in [0.15, 0.2) is 0 Å². The average molecular weight is 374 g/mol.